The van der Waals surface area contributed by atoms with E-state index in [0.29, 0.717) is 5.82 Å². The highest BCUT2D eigenvalue weighted by Gasteiger charge is 2.10. The topological polar surface area (TPSA) is 107 Å². The lowest BCUT2D eigenvalue weighted by atomic mass is 10.2. The Morgan fingerprint density at radius 2 is 2.05 bits per heavy atom. The number of benzene rings is 1. The molecule has 2 heterocycles. The lowest BCUT2D eigenvalue weighted by molar-refractivity contribution is -0.384. The number of nitrogens with two attached hydrogens (primary N) is 1. The molecule has 21 heavy (non-hydrogen) atoms. The van der Waals surface area contributed by atoms with Crippen LogP contribution in [0.5, 0.6) is 0 Å². The average molecular weight is 281 g/mol. The minimum atomic E-state index is -0.506. The molecular weight excluding hydrogens is 270 g/mol. The van der Waals surface area contributed by atoms with Crippen LogP contribution in [0, 0.1) is 10.1 Å². The molecule has 0 atom stereocenters. The summed E-state index contributed by atoms with van der Waals surface area (Å²) in [7, 11) is 0. The van der Waals surface area contributed by atoms with Crippen LogP contribution in [0.1, 0.15) is 0 Å². The predicted molar refractivity (Wildman–Crippen MR) is 80.3 cm³/mol. The molecule has 0 aliphatic carbocycles. The molecule has 0 saturated carbocycles. The Morgan fingerprint density at radius 3 is 2.86 bits per heavy atom. The predicted octanol–water partition coefficient (Wildman–Crippen LogP) is 2.86. The Labute approximate surface area is 119 Å². The maximum absolute atomic E-state index is 10.8. The molecule has 0 unspecified atom stereocenters. The van der Waals surface area contributed by atoms with Gasteiger partial charge in [-0.15, -0.1) is 0 Å². The molecule has 3 rings (SSSR count). The van der Waals surface area contributed by atoms with E-state index < -0.39 is 4.92 Å². The average Bonchev–Trinajstić information content (AvgIpc) is 2.46. The fraction of sp³-hybridized carbons (Fsp3) is 0. The Bertz CT molecular complexity index is 834. The summed E-state index contributed by atoms with van der Waals surface area (Å²) >= 11 is 0. The van der Waals surface area contributed by atoms with E-state index in [-0.39, 0.29) is 11.5 Å². The van der Waals surface area contributed by atoms with E-state index in [2.05, 4.69) is 15.3 Å². The number of nitrogens with one attached hydrogen (secondary N) is 1. The van der Waals surface area contributed by atoms with Crippen molar-refractivity contribution in [2.75, 3.05) is 11.1 Å². The Kier molecular flexibility index (Phi) is 3.07. The van der Waals surface area contributed by atoms with Crippen LogP contribution >= 0.6 is 0 Å². The quantitative estimate of drug-likeness (QED) is 0.564. The number of nitrogens with zero attached hydrogens (tertiary/aromatic N) is 3. The first-order valence-corrected chi connectivity index (χ1v) is 6.15. The standard InChI is InChI=1S/C14H11N5O2/c15-13-7-11(19(20)21)8-14(18-13)17-10-3-4-12-9(6-10)2-1-5-16-12/h1-8H,(H3,15,17,18). The van der Waals surface area contributed by atoms with Crippen molar-refractivity contribution in [3.05, 3.63) is 58.8 Å². The summed E-state index contributed by atoms with van der Waals surface area (Å²) in [6, 6.07) is 11.9. The van der Waals surface area contributed by atoms with Crippen LogP contribution in [0.3, 0.4) is 0 Å². The number of aromatic nitrogens is 2. The van der Waals surface area contributed by atoms with Gasteiger partial charge in [-0.3, -0.25) is 15.1 Å². The minimum Gasteiger partial charge on any atom is -0.383 e. The molecule has 0 aliphatic rings. The van der Waals surface area contributed by atoms with Gasteiger partial charge in [0, 0.05) is 17.3 Å². The van der Waals surface area contributed by atoms with Gasteiger partial charge in [-0.2, -0.15) is 0 Å². The number of fused-ring (bicyclic) bond motifs is 1. The van der Waals surface area contributed by atoms with Crippen molar-refractivity contribution in [3.8, 4) is 0 Å². The number of nitro groups is 1. The van der Waals surface area contributed by atoms with Gasteiger partial charge in [0.1, 0.15) is 11.6 Å². The molecule has 0 saturated heterocycles. The molecule has 7 heteroatoms. The number of nitrogen functional groups attached to an aromatic ring is 1. The zero-order valence-electron chi connectivity index (χ0n) is 10.9. The second-order valence-corrected chi connectivity index (χ2v) is 4.43. The maximum Gasteiger partial charge on any atom is 0.276 e. The van der Waals surface area contributed by atoms with Crippen LogP contribution in [-0.2, 0) is 0 Å². The van der Waals surface area contributed by atoms with Gasteiger partial charge < -0.3 is 11.1 Å². The van der Waals surface area contributed by atoms with E-state index in [4.69, 9.17) is 5.73 Å². The molecule has 0 aliphatic heterocycles. The molecule has 3 aromatic rings. The van der Waals surface area contributed by atoms with Crippen molar-refractivity contribution in [2.45, 2.75) is 0 Å². The van der Waals surface area contributed by atoms with E-state index >= 15 is 0 Å². The first-order chi connectivity index (χ1) is 10.1. The second kappa shape index (κ2) is 5.04. The van der Waals surface area contributed by atoms with Gasteiger partial charge in [0.2, 0.25) is 0 Å². The third-order valence-corrected chi connectivity index (χ3v) is 2.92. The summed E-state index contributed by atoms with van der Waals surface area (Å²) in [5, 5.41) is 14.8. The second-order valence-electron chi connectivity index (χ2n) is 4.43. The van der Waals surface area contributed by atoms with Crippen LogP contribution in [0.15, 0.2) is 48.7 Å². The van der Waals surface area contributed by atoms with Gasteiger partial charge >= 0.3 is 0 Å². The molecule has 0 bridgehead atoms. The molecule has 3 N–H and O–H groups in total. The fourth-order valence-electron chi connectivity index (χ4n) is 2.01. The monoisotopic (exact) mass is 281 g/mol. The van der Waals surface area contributed by atoms with Gasteiger partial charge in [-0.25, -0.2) is 4.98 Å². The highest BCUT2D eigenvalue weighted by atomic mass is 16.6. The first kappa shape index (κ1) is 12.8. The molecule has 0 radical (unpaired) electrons. The molecule has 104 valence electrons. The molecule has 0 fully saturated rings. The first-order valence-electron chi connectivity index (χ1n) is 6.15. The third kappa shape index (κ3) is 2.71. The van der Waals surface area contributed by atoms with E-state index in [1.165, 1.54) is 12.1 Å². The normalized spacial score (nSPS) is 10.5. The Hall–Kier alpha value is -3.22. The van der Waals surface area contributed by atoms with Crippen molar-refractivity contribution in [3.63, 3.8) is 0 Å². The SMILES string of the molecule is Nc1cc([N+](=O)[O-])cc(Nc2ccc3ncccc3c2)n1. The Morgan fingerprint density at radius 1 is 1.19 bits per heavy atom. The summed E-state index contributed by atoms with van der Waals surface area (Å²) in [5.41, 5.74) is 7.09. The van der Waals surface area contributed by atoms with Gasteiger partial charge in [0.15, 0.2) is 0 Å². The van der Waals surface area contributed by atoms with Crippen LogP contribution in [0.4, 0.5) is 23.0 Å². The van der Waals surface area contributed by atoms with Crippen LogP contribution in [0.2, 0.25) is 0 Å². The van der Waals surface area contributed by atoms with Crippen LogP contribution in [0.25, 0.3) is 10.9 Å². The number of pyridine rings is 2. The van der Waals surface area contributed by atoms with Crippen LogP contribution < -0.4 is 11.1 Å². The molecule has 2 aromatic heterocycles. The van der Waals surface area contributed by atoms with Crippen molar-refractivity contribution in [1.82, 2.24) is 9.97 Å². The van der Waals surface area contributed by atoms with Crippen molar-refractivity contribution in [2.24, 2.45) is 0 Å². The summed E-state index contributed by atoms with van der Waals surface area (Å²) in [6.07, 6.45) is 1.72. The zero-order valence-corrected chi connectivity index (χ0v) is 10.9. The van der Waals surface area contributed by atoms with Crippen molar-refractivity contribution < 1.29 is 4.92 Å². The van der Waals surface area contributed by atoms with Crippen LogP contribution in [-0.4, -0.2) is 14.9 Å². The Balaban J connectivity index is 1.96. The van der Waals surface area contributed by atoms with Gasteiger partial charge in [0.25, 0.3) is 5.69 Å². The molecule has 0 amide bonds. The summed E-state index contributed by atoms with van der Waals surface area (Å²) in [4.78, 5) is 18.6. The molecule has 0 spiro atoms. The lowest BCUT2D eigenvalue weighted by Crippen LogP contribution is -2.00. The lowest BCUT2D eigenvalue weighted by Gasteiger charge is -2.07. The minimum absolute atomic E-state index is 0.0918. The van der Waals surface area contributed by atoms with E-state index in [1.54, 1.807) is 6.20 Å². The smallest absolute Gasteiger partial charge is 0.276 e. The molecule has 7 nitrogen and oxygen atoms in total. The third-order valence-electron chi connectivity index (χ3n) is 2.92. The fourth-order valence-corrected chi connectivity index (χ4v) is 2.01. The van der Waals surface area contributed by atoms with E-state index in [9.17, 15) is 10.1 Å². The summed E-state index contributed by atoms with van der Waals surface area (Å²) < 4.78 is 0. The summed E-state index contributed by atoms with van der Waals surface area (Å²) in [6.45, 7) is 0. The van der Waals surface area contributed by atoms with Crippen molar-refractivity contribution in [1.29, 1.82) is 0 Å². The van der Waals surface area contributed by atoms with E-state index in [1.807, 2.05) is 30.3 Å². The zero-order chi connectivity index (χ0) is 14.8. The number of rotatable bonds is 3. The van der Waals surface area contributed by atoms with Gasteiger partial charge in [0.05, 0.1) is 22.6 Å². The van der Waals surface area contributed by atoms with Gasteiger partial charge in [-0.05, 0) is 24.3 Å². The molecule has 1 aromatic carbocycles. The van der Waals surface area contributed by atoms with E-state index in [0.717, 1.165) is 16.6 Å². The largest absolute Gasteiger partial charge is 0.383 e. The van der Waals surface area contributed by atoms with Gasteiger partial charge in [-0.1, -0.05) is 6.07 Å². The van der Waals surface area contributed by atoms with Crippen molar-refractivity contribution >= 4 is 33.9 Å². The summed E-state index contributed by atoms with van der Waals surface area (Å²) in [5.74, 6) is 0.416. The number of hydrogen-bond acceptors (Lipinski definition) is 6. The maximum atomic E-state index is 10.8. The number of anilines is 3. The highest BCUT2D eigenvalue weighted by molar-refractivity contribution is 5.83. The highest BCUT2D eigenvalue weighted by Crippen LogP contribution is 2.24. The molecular formula is C14H11N5O2. The number of hydrogen-bond donors (Lipinski definition) is 2.